The molecule has 9 nitrogen and oxygen atoms in total. The van der Waals surface area contributed by atoms with E-state index >= 15 is 0 Å². The second-order valence-corrected chi connectivity index (χ2v) is 9.49. The number of aliphatic hydroxyl groups is 1. The number of amides is 2. The highest BCUT2D eigenvalue weighted by molar-refractivity contribution is 5.87. The van der Waals surface area contributed by atoms with Crippen LogP contribution in [-0.2, 0) is 16.1 Å². The zero-order chi connectivity index (χ0) is 23.5. The van der Waals surface area contributed by atoms with Crippen molar-refractivity contribution >= 4 is 17.8 Å². The highest BCUT2D eigenvalue weighted by atomic mass is 16.4. The number of nitrogens with zero attached hydrogens (tertiary/aromatic N) is 3. The monoisotopic (exact) mass is 458 g/mol. The molecule has 0 saturated carbocycles. The molecule has 0 aromatic heterocycles. The first-order chi connectivity index (χ1) is 15.8. The first-order valence-corrected chi connectivity index (χ1v) is 11.8. The summed E-state index contributed by atoms with van der Waals surface area (Å²) in [4.78, 5) is 43.0. The number of aliphatic hydroxyl groups excluding tert-OH is 1. The van der Waals surface area contributed by atoms with Crippen molar-refractivity contribution in [2.45, 2.75) is 62.9 Å². The third-order valence-electron chi connectivity index (χ3n) is 7.44. The minimum atomic E-state index is -0.949. The van der Waals surface area contributed by atoms with E-state index in [0.29, 0.717) is 51.9 Å². The zero-order valence-corrected chi connectivity index (χ0v) is 19.2. The third kappa shape index (κ3) is 5.37. The minimum Gasteiger partial charge on any atom is -0.478 e. The number of piperidine rings is 1. The SMILES string of the molecule is CN1[C@@H](CCC(=O)N2CCC(O)CC2)CNC(=O)[C@@H]2[C@H]1CCN2Cc1ccc(C(=O)O)cc1. The van der Waals surface area contributed by atoms with Crippen molar-refractivity contribution in [2.24, 2.45) is 0 Å². The number of benzene rings is 1. The molecule has 0 radical (unpaired) electrons. The predicted octanol–water partition coefficient (Wildman–Crippen LogP) is 0.521. The smallest absolute Gasteiger partial charge is 0.335 e. The summed E-state index contributed by atoms with van der Waals surface area (Å²) < 4.78 is 0. The lowest BCUT2D eigenvalue weighted by Crippen LogP contribution is -2.49. The first-order valence-electron chi connectivity index (χ1n) is 11.8. The van der Waals surface area contributed by atoms with Crippen LogP contribution in [0.3, 0.4) is 0 Å². The molecule has 1 aromatic rings. The number of aromatic carboxylic acids is 1. The second-order valence-electron chi connectivity index (χ2n) is 9.49. The number of hydrogen-bond acceptors (Lipinski definition) is 6. The number of carbonyl (C=O) groups is 3. The Bertz CT molecular complexity index is 868. The Balaban J connectivity index is 1.36. The molecule has 3 atom stereocenters. The maximum Gasteiger partial charge on any atom is 0.335 e. The van der Waals surface area contributed by atoms with Gasteiger partial charge in [0.2, 0.25) is 11.8 Å². The summed E-state index contributed by atoms with van der Waals surface area (Å²) >= 11 is 0. The van der Waals surface area contributed by atoms with Gasteiger partial charge in [0.1, 0.15) is 6.04 Å². The highest BCUT2D eigenvalue weighted by Gasteiger charge is 2.45. The van der Waals surface area contributed by atoms with Crippen LogP contribution in [0.25, 0.3) is 0 Å². The Morgan fingerprint density at radius 1 is 1.09 bits per heavy atom. The van der Waals surface area contributed by atoms with Crippen molar-refractivity contribution in [3.63, 3.8) is 0 Å². The van der Waals surface area contributed by atoms with Crippen LogP contribution in [0, 0.1) is 0 Å². The zero-order valence-electron chi connectivity index (χ0n) is 19.2. The largest absolute Gasteiger partial charge is 0.478 e. The van der Waals surface area contributed by atoms with Gasteiger partial charge < -0.3 is 20.4 Å². The van der Waals surface area contributed by atoms with Crippen LogP contribution in [0.4, 0.5) is 0 Å². The van der Waals surface area contributed by atoms with Gasteiger partial charge in [-0.15, -0.1) is 0 Å². The van der Waals surface area contributed by atoms with Gasteiger partial charge in [0.25, 0.3) is 0 Å². The molecule has 1 aromatic carbocycles. The average Bonchev–Trinajstić information content (AvgIpc) is 3.17. The number of nitrogens with one attached hydrogen (secondary N) is 1. The molecule has 0 spiro atoms. The lowest BCUT2D eigenvalue weighted by Gasteiger charge is -2.34. The summed E-state index contributed by atoms with van der Waals surface area (Å²) in [6.07, 6.45) is 2.99. The molecule has 2 amide bonds. The number of hydrogen-bond donors (Lipinski definition) is 3. The Labute approximate surface area is 194 Å². The Hall–Kier alpha value is -2.49. The molecule has 3 fully saturated rings. The summed E-state index contributed by atoms with van der Waals surface area (Å²) in [5.41, 5.74) is 1.23. The van der Waals surface area contributed by atoms with Crippen LogP contribution in [-0.4, -0.2) is 100 Å². The van der Waals surface area contributed by atoms with Crippen molar-refractivity contribution in [2.75, 3.05) is 33.2 Å². The molecule has 180 valence electrons. The van der Waals surface area contributed by atoms with Crippen molar-refractivity contribution < 1.29 is 24.6 Å². The van der Waals surface area contributed by atoms with Crippen LogP contribution in [0.15, 0.2) is 24.3 Å². The quantitative estimate of drug-likeness (QED) is 0.570. The lowest BCUT2D eigenvalue weighted by atomic mass is 10.0. The normalized spacial score (nSPS) is 27.2. The number of likely N-dealkylation sites (tertiary alicyclic amines) is 2. The molecule has 0 aliphatic carbocycles. The average molecular weight is 459 g/mol. The van der Waals surface area contributed by atoms with E-state index in [1.165, 1.54) is 0 Å². The van der Waals surface area contributed by atoms with Crippen LogP contribution in [0.1, 0.15) is 48.0 Å². The highest BCUT2D eigenvalue weighted by Crippen LogP contribution is 2.29. The molecule has 0 bridgehead atoms. The number of carboxylic acid groups (broad SMARTS) is 1. The summed E-state index contributed by atoms with van der Waals surface area (Å²) in [5, 5.41) is 21.8. The first kappa shape index (κ1) is 23.7. The maximum atomic E-state index is 13.0. The van der Waals surface area contributed by atoms with Crippen LogP contribution >= 0.6 is 0 Å². The fourth-order valence-electron chi connectivity index (χ4n) is 5.38. The fourth-order valence-corrected chi connectivity index (χ4v) is 5.38. The van der Waals surface area contributed by atoms with E-state index in [1.807, 2.05) is 17.0 Å². The Morgan fingerprint density at radius 2 is 1.79 bits per heavy atom. The van der Waals surface area contributed by atoms with Gasteiger partial charge in [-0.25, -0.2) is 4.79 Å². The summed E-state index contributed by atoms with van der Waals surface area (Å²) in [7, 11) is 2.05. The minimum absolute atomic E-state index is 0.0188. The molecular weight excluding hydrogens is 424 g/mol. The summed E-state index contributed by atoms with van der Waals surface area (Å²) in [6.45, 7) is 3.13. The molecule has 0 unspecified atom stereocenters. The van der Waals surface area contributed by atoms with E-state index < -0.39 is 5.97 Å². The van der Waals surface area contributed by atoms with Crippen LogP contribution in [0.5, 0.6) is 0 Å². The van der Waals surface area contributed by atoms with Gasteiger partial charge in [-0.05, 0) is 50.4 Å². The molecule has 3 aliphatic rings. The molecule has 3 aliphatic heterocycles. The van der Waals surface area contributed by atoms with Gasteiger partial charge in [0.05, 0.1) is 11.7 Å². The lowest BCUT2D eigenvalue weighted by molar-refractivity contribution is -0.133. The van der Waals surface area contributed by atoms with Gasteiger partial charge in [-0.3, -0.25) is 19.4 Å². The standard InChI is InChI=1S/C24H34N4O5/c1-26-18(6-7-21(30)27-11-8-19(29)9-12-27)14-25-23(31)22-20(26)10-13-28(22)15-16-2-4-17(5-3-16)24(32)33/h2-5,18-20,22,29H,6-15H2,1H3,(H,25,31)(H,32,33)/t18-,20+,22-/m0/s1. The Morgan fingerprint density at radius 3 is 2.45 bits per heavy atom. The van der Waals surface area contributed by atoms with Crippen molar-refractivity contribution in [3.8, 4) is 0 Å². The summed E-state index contributed by atoms with van der Waals surface area (Å²) in [5.74, 6) is -0.805. The van der Waals surface area contributed by atoms with Gasteiger partial charge in [0, 0.05) is 51.2 Å². The van der Waals surface area contributed by atoms with Gasteiger partial charge in [0.15, 0.2) is 0 Å². The summed E-state index contributed by atoms with van der Waals surface area (Å²) in [6, 6.07) is 6.72. The third-order valence-corrected chi connectivity index (χ3v) is 7.44. The van der Waals surface area contributed by atoms with Gasteiger partial charge in [-0.2, -0.15) is 0 Å². The molecule has 3 heterocycles. The van der Waals surface area contributed by atoms with E-state index in [2.05, 4.69) is 22.2 Å². The molecular formula is C24H34N4O5. The number of likely N-dealkylation sites (N-methyl/N-ethyl adjacent to an activating group) is 1. The van der Waals surface area contributed by atoms with Crippen molar-refractivity contribution in [3.05, 3.63) is 35.4 Å². The van der Waals surface area contributed by atoms with Gasteiger partial charge in [-0.1, -0.05) is 12.1 Å². The number of rotatable bonds is 6. The van der Waals surface area contributed by atoms with E-state index in [0.717, 1.165) is 18.5 Å². The maximum absolute atomic E-state index is 13.0. The molecule has 4 rings (SSSR count). The van der Waals surface area contributed by atoms with Crippen molar-refractivity contribution in [1.29, 1.82) is 0 Å². The molecule has 3 N–H and O–H groups in total. The Kier molecular flexibility index (Phi) is 7.31. The number of fused-ring (bicyclic) bond motifs is 1. The molecule has 3 saturated heterocycles. The van der Waals surface area contributed by atoms with E-state index in [1.54, 1.807) is 12.1 Å². The van der Waals surface area contributed by atoms with Gasteiger partial charge >= 0.3 is 5.97 Å². The number of carboxylic acids is 1. The van der Waals surface area contributed by atoms with E-state index in [9.17, 15) is 19.5 Å². The van der Waals surface area contributed by atoms with E-state index in [-0.39, 0.29) is 41.6 Å². The second kappa shape index (κ2) is 10.2. The number of carbonyl (C=O) groups excluding carboxylic acids is 2. The predicted molar refractivity (Wildman–Crippen MR) is 122 cm³/mol. The molecule has 9 heteroatoms. The topological polar surface area (TPSA) is 113 Å². The van der Waals surface area contributed by atoms with Crippen LogP contribution in [0.2, 0.25) is 0 Å². The van der Waals surface area contributed by atoms with Crippen LogP contribution < -0.4 is 5.32 Å². The molecule has 33 heavy (non-hydrogen) atoms. The van der Waals surface area contributed by atoms with Crippen molar-refractivity contribution in [1.82, 2.24) is 20.0 Å². The fraction of sp³-hybridized carbons (Fsp3) is 0.625. The van der Waals surface area contributed by atoms with E-state index in [4.69, 9.17) is 5.11 Å².